The molecule has 0 amide bonds. The summed E-state index contributed by atoms with van der Waals surface area (Å²) >= 11 is 1.74. The van der Waals surface area contributed by atoms with Crippen molar-refractivity contribution in [3.8, 4) is 0 Å². The second-order valence-corrected chi connectivity index (χ2v) is 7.73. The molecule has 1 heterocycles. The van der Waals surface area contributed by atoms with Gasteiger partial charge in [-0.3, -0.25) is 0 Å². The first-order chi connectivity index (χ1) is 13.8. The Morgan fingerprint density at radius 1 is 1.04 bits per heavy atom. The Kier molecular flexibility index (Phi) is 8.24. The van der Waals surface area contributed by atoms with Crippen LogP contribution in [0.25, 0.3) is 0 Å². The van der Waals surface area contributed by atoms with Crippen LogP contribution in [-0.4, -0.2) is 49.9 Å². The third-order valence-corrected chi connectivity index (χ3v) is 5.69. The van der Waals surface area contributed by atoms with E-state index in [1.807, 2.05) is 0 Å². The van der Waals surface area contributed by atoms with Gasteiger partial charge in [-0.25, -0.2) is 0 Å². The van der Waals surface area contributed by atoms with E-state index in [9.17, 15) is 0 Å². The molecule has 28 heavy (non-hydrogen) atoms. The molecule has 2 aromatic rings. The van der Waals surface area contributed by atoms with Gasteiger partial charge in [0.25, 0.3) is 0 Å². The minimum atomic E-state index is 0.617. The highest BCUT2D eigenvalue weighted by molar-refractivity contribution is 7.98. The summed E-state index contributed by atoms with van der Waals surface area (Å²) in [6.45, 7) is 5.95. The quantitative estimate of drug-likeness (QED) is 0.214. The summed E-state index contributed by atoms with van der Waals surface area (Å²) in [6, 6.07) is 17.4. The van der Waals surface area contributed by atoms with E-state index in [2.05, 4.69) is 71.8 Å². The number of hydrogen-bond acceptors (Lipinski definition) is 4. The first kappa shape index (κ1) is 20.7. The van der Waals surface area contributed by atoms with E-state index >= 15 is 0 Å². The van der Waals surface area contributed by atoms with Gasteiger partial charge >= 0.3 is 0 Å². The first-order valence-corrected chi connectivity index (χ1v) is 11.3. The van der Waals surface area contributed by atoms with Crippen LogP contribution in [0.1, 0.15) is 30.0 Å². The molecule has 5 heteroatoms. The number of hydrogen-bond donors (Lipinski definition) is 0. The van der Waals surface area contributed by atoms with E-state index in [1.54, 1.807) is 11.8 Å². The van der Waals surface area contributed by atoms with E-state index in [1.165, 1.54) is 16.0 Å². The summed E-state index contributed by atoms with van der Waals surface area (Å²) in [7, 11) is 0. The predicted octanol–water partition coefficient (Wildman–Crippen LogP) is 4.61. The maximum absolute atomic E-state index is 5.73. The normalized spacial score (nSPS) is 14.9. The molecular formula is C23H30N2O2S. The van der Waals surface area contributed by atoms with Crippen LogP contribution in [0.3, 0.4) is 0 Å². The predicted molar refractivity (Wildman–Crippen MR) is 117 cm³/mol. The zero-order valence-corrected chi connectivity index (χ0v) is 17.7. The third kappa shape index (κ3) is 6.01. The Labute approximate surface area is 172 Å². The second kappa shape index (κ2) is 11.1. The summed E-state index contributed by atoms with van der Waals surface area (Å²) in [6.07, 6.45) is 5.14. The van der Waals surface area contributed by atoms with Crippen molar-refractivity contribution in [1.29, 1.82) is 0 Å². The van der Waals surface area contributed by atoms with Gasteiger partial charge in [0, 0.05) is 23.5 Å². The van der Waals surface area contributed by atoms with E-state index in [-0.39, 0.29) is 0 Å². The van der Waals surface area contributed by atoms with Gasteiger partial charge in [-0.15, -0.1) is 11.8 Å². The average Bonchev–Trinajstić information content (AvgIpc) is 2.77. The van der Waals surface area contributed by atoms with E-state index in [4.69, 9.17) is 9.57 Å². The van der Waals surface area contributed by atoms with Crippen LogP contribution in [0, 0.1) is 0 Å². The Morgan fingerprint density at radius 3 is 2.36 bits per heavy atom. The molecule has 2 aromatic carbocycles. The number of thioether (sulfide) groups is 1. The lowest BCUT2D eigenvalue weighted by atomic mass is 10.1. The van der Waals surface area contributed by atoms with Crippen LogP contribution in [0.15, 0.2) is 58.6 Å². The van der Waals surface area contributed by atoms with Gasteiger partial charge in [0.1, 0.15) is 6.61 Å². The van der Waals surface area contributed by atoms with Gasteiger partial charge < -0.3 is 14.5 Å². The second-order valence-electron chi connectivity index (χ2n) is 6.85. The maximum Gasteiger partial charge on any atom is 0.175 e. The fourth-order valence-electron chi connectivity index (χ4n) is 3.20. The average molecular weight is 399 g/mol. The topological polar surface area (TPSA) is 34.1 Å². The van der Waals surface area contributed by atoms with Crippen LogP contribution in [0.4, 0.5) is 0 Å². The minimum absolute atomic E-state index is 0.617. The van der Waals surface area contributed by atoms with Gasteiger partial charge in [-0.1, -0.05) is 48.5 Å². The fourth-order valence-corrected chi connectivity index (χ4v) is 3.61. The molecule has 4 nitrogen and oxygen atoms in total. The van der Waals surface area contributed by atoms with Crippen LogP contribution >= 0.6 is 11.8 Å². The van der Waals surface area contributed by atoms with Crippen LogP contribution in [-0.2, 0) is 22.4 Å². The maximum atomic E-state index is 5.73. The van der Waals surface area contributed by atoms with Crippen molar-refractivity contribution in [3.05, 3.63) is 65.2 Å². The molecule has 0 aliphatic carbocycles. The highest BCUT2D eigenvalue weighted by atomic mass is 32.2. The van der Waals surface area contributed by atoms with E-state index in [0.717, 1.165) is 57.0 Å². The molecule has 0 spiro atoms. The smallest absolute Gasteiger partial charge is 0.175 e. The van der Waals surface area contributed by atoms with Crippen molar-refractivity contribution in [2.45, 2.75) is 31.1 Å². The molecule has 0 saturated carbocycles. The van der Waals surface area contributed by atoms with Crippen molar-refractivity contribution in [3.63, 3.8) is 0 Å². The molecule has 1 aliphatic heterocycles. The lowest BCUT2D eigenvalue weighted by Crippen LogP contribution is -2.41. The summed E-state index contributed by atoms with van der Waals surface area (Å²) < 4.78 is 5.49. The highest BCUT2D eigenvalue weighted by Gasteiger charge is 2.17. The summed E-state index contributed by atoms with van der Waals surface area (Å²) in [5.41, 5.74) is 3.83. The van der Waals surface area contributed by atoms with Crippen LogP contribution < -0.4 is 0 Å². The van der Waals surface area contributed by atoms with Gasteiger partial charge in [0.2, 0.25) is 0 Å². The molecule has 1 aliphatic rings. The molecular weight excluding hydrogens is 368 g/mol. The van der Waals surface area contributed by atoms with Gasteiger partial charge in [-0.05, 0) is 48.8 Å². The number of rotatable bonds is 8. The Balaban J connectivity index is 1.58. The van der Waals surface area contributed by atoms with Crippen molar-refractivity contribution in [2.24, 2.45) is 5.16 Å². The molecule has 1 fully saturated rings. The number of morpholine rings is 1. The molecule has 0 bridgehead atoms. The van der Waals surface area contributed by atoms with E-state index in [0.29, 0.717) is 6.61 Å². The molecule has 150 valence electrons. The molecule has 0 radical (unpaired) electrons. The summed E-state index contributed by atoms with van der Waals surface area (Å²) in [5, 5.41) is 4.51. The zero-order valence-electron chi connectivity index (χ0n) is 16.9. The highest BCUT2D eigenvalue weighted by Crippen LogP contribution is 2.17. The van der Waals surface area contributed by atoms with Crippen LogP contribution in [0.2, 0.25) is 0 Å². The number of nitrogens with zero attached hydrogens (tertiary/aromatic N) is 2. The lowest BCUT2D eigenvalue weighted by molar-refractivity contribution is 0.0641. The Hall–Kier alpha value is -1.98. The largest absolute Gasteiger partial charge is 0.394 e. The van der Waals surface area contributed by atoms with Crippen LogP contribution in [0.5, 0.6) is 0 Å². The van der Waals surface area contributed by atoms with Gasteiger partial charge in [0.15, 0.2) is 5.84 Å². The number of aryl methyl sites for hydroxylation is 2. The van der Waals surface area contributed by atoms with Crippen molar-refractivity contribution in [2.75, 3.05) is 39.2 Å². The first-order valence-electron chi connectivity index (χ1n) is 10.0. The molecule has 3 rings (SSSR count). The third-order valence-electron chi connectivity index (χ3n) is 4.94. The zero-order chi connectivity index (χ0) is 19.6. The lowest BCUT2D eigenvalue weighted by Gasteiger charge is -2.29. The number of benzene rings is 2. The summed E-state index contributed by atoms with van der Waals surface area (Å²) in [5.74, 6) is 0.906. The molecule has 0 atom stereocenters. The molecule has 0 unspecified atom stereocenters. The number of oxime groups is 1. The molecule has 0 N–H and O–H groups in total. The molecule has 1 saturated heterocycles. The number of ether oxygens (including phenoxy) is 1. The summed E-state index contributed by atoms with van der Waals surface area (Å²) in [4.78, 5) is 9.23. The minimum Gasteiger partial charge on any atom is -0.394 e. The Morgan fingerprint density at radius 2 is 1.71 bits per heavy atom. The van der Waals surface area contributed by atoms with E-state index < -0.39 is 0 Å². The monoisotopic (exact) mass is 398 g/mol. The standard InChI is InChI=1S/C23H30N2O2S/c1-3-19-6-8-20(9-7-19)5-4-16-27-24-23(25-14-17-26-18-15-25)21-10-12-22(28-2)13-11-21/h6-13H,3-5,14-18H2,1-2H3/b24-23-. The number of amidine groups is 1. The SMILES string of the molecule is CCc1ccc(CCCO/N=C(/c2ccc(SC)cc2)N2CCOCC2)cc1. The van der Waals surface area contributed by atoms with Crippen molar-refractivity contribution in [1.82, 2.24) is 4.90 Å². The van der Waals surface area contributed by atoms with Crippen molar-refractivity contribution >= 4 is 17.6 Å². The molecule has 0 aromatic heterocycles. The fraction of sp³-hybridized carbons (Fsp3) is 0.435. The van der Waals surface area contributed by atoms with Gasteiger partial charge in [0.05, 0.1) is 13.2 Å². The Bertz CT molecular complexity index is 738. The van der Waals surface area contributed by atoms with Crippen molar-refractivity contribution < 1.29 is 9.57 Å². The van der Waals surface area contributed by atoms with Gasteiger partial charge in [-0.2, -0.15) is 0 Å².